The fourth-order valence-corrected chi connectivity index (χ4v) is 3.34. The second kappa shape index (κ2) is 9.55. The molecule has 1 aliphatic rings. The molecule has 1 aliphatic heterocycles. The third-order valence-corrected chi connectivity index (χ3v) is 5.04. The van der Waals surface area contributed by atoms with E-state index >= 15 is 0 Å². The molecule has 0 saturated carbocycles. The second-order valence-corrected chi connectivity index (χ2v) is 8.21. The first-order valence-electron chi connectivity index (χ1n) is 10.2. The minimum absolute atomic E-state index is 0.0673. The van der Waals surface area contributed by atoms with Gasteiger partial charge in [-0.1, -0.05) is 26.8 Å². The first-order chi connectivity index (χ1) is 14.7. The van der Waals surface area contributed by atoms with E-state index in [1.807, 2.05) is 20.8 Å². The molecule has 2 heterocycles. The normalized spacial score (nSPS) is 18.3. The molecule has 3 atom stereocenters. The lowest BCUT2D eigenvalue weighted by Crippen LogP contribution is -2.42. The standard InChI is InChI=1S/C22H27F2N3O4/c1-12(2)10-30-15-5-6-16(17(23)8-15)13(3)7-20-25-9-18(24)21(26-20)27-19(14(4)28)11-31-22(27)29/h5-6,8-9,12-14,19,28H,7,10-11H2,1-4H3/t13-,14-,19-/m1/s1. The molecule has 0 bridgehead atoms. The molecule has 0 radical (unpaired) electrons. The van der Waals surface area contributed by atoms with Crippen molar-refractivity contribution in [3.8, 4) is 5.75 Å². The van der Waals surface area contributed by atoms with Gasteiger partial charge in [0.1, 0.15) is 30.0 Å². The first-order valence-corrected chi connectivity index (χ1v) is 10.2. The van der Waals surface area contributed by atoms with Crippen molar-refractivity contribution in [2.45, 2.75) is 52.2 Å². The highest BCUT2D eigenvalue weighted by Gasteiger charge is 2.39. The highest BCUT2D eigenvalue weighted by Crippen LogP contribution is 2.28. The highest BCUT2D eigenvalue weighted by molar-refractivity contribution is 5.89. The van der Waals surface area contributed by atoms with Gasteiger partial charge in [-0.2, -0.15) is 0 Å². The summed E-state index contributed by atoms with van der Waals surface area (Å²) >= 11 is 0. The number of ether oxygens (including phenoxy) is 2. The van der Waals surface area contributed by atoms with E-state index in [2.05, 4.69) is 9.97 Å². The van der Waals surface area contributed by atoms with Crippen LogP contribution in [0.5, 0.6) is 5.75 Å². The number of amides is 1. The van der Waals surface area contributed by atoms with Gasteiger partial charge >= 0.3 is 6.09 Å². The summed E-state index contributed by atoms with van der Waals surface area (Å²) in [5, 5.41) is 9.89. The van der Waals surface area contributed by atoms with E-state index < -0.39 is 29.9 Å². The monoisotopic (exact) mass is 435 g/mol. The van der Waals surface area contributed by atoms with Gasteiger partial charge in [-0.3, -0.25) is 0 Å². The van der Waals surface area contributed by atoms with Crippen molar-refractivity contribution in [1.29, 1.82) is 0 Å². The molecular weight excluding hydrogens is 408 g/mol. The molecule has 1 N–H and O–H groups in total. The van der Waals surface area contributed by atoms with Gasteiger partial charge in [-0.05, 0) is 30.4 Å². The predicted molar refractivity (Wildman–Crippen MR) is 110 cm³/mol. The van der Waals surface area contributed by atoms with Crippen LogP contribution in [0.2, 0.25) is 0 Å². The van der Waals surface area contributed by atoms with Crippen LogP contribution in [0.25, 0.3) is 0 Å². The van der Waals surface area contributed by atoms with E-state index in [1.165, 1.54) is 13.0 Å². The summed E-state index contributed by atoms with van der Waals surface area (Å²) < 4.78 is 39.5. The average Bonchev–Trinajstić information content (AvgIpc) is 3.09. The van der Waals surface area contributed by atoms with Crippen molar-refractivity contribution in [1.82, 2.24) is 9.97 Å². The van der Waals surface area contributed by atoms with Crippen molar-refractivity contribution in [3.05, 3.63) is 47.4 Å². The largest absolute Gasteiger partial charge is 0.493 e. The van der Waals surface area contributed by atoms with Gasteiger partial charge in [0.25, 0.3) is 0 Å². The number of aromatic nitrogens is 2. The van der Waals surface area contributed by atoms with Crippen molar-refractivity contribution in [3.63, 3.8) is 0 Å². The molecule has 1 fully saturated rings. The van der Waals surface area contributed by atoms with E-state index in [0.29, 0.717) is 23.8 Å². The molecule has 168 valence electrons. The molecule has 0 unspecified atom stereocenters. The number of anilines is 1. The number of nitrogens with zero attached hydrogens (tertiary/aromatic N) is 3. The predicted octanol–water partition coefficient (Wildman–Crippen LogP) is 3.84. The first kappa shape index (κ1) is 22.9. The smallest absolute Gasteiger partial charge is 0.416 e. The van der Waals surface area contributed by atoms with Crippen LogP contribution >= 0.6 is 0 Å². The number of benzene rings is 1. The van der Waals surface area contributed by atoms with Gasteiger partial charge in [0.05, 0.1) is 18.9 Å². The zero-order chi connectivity index (χ0) is 22.7. The molecule has 31 heavy (non-hydrogen) atoms. The van der Waals surface area contributed by atoms with Gasteiger partial charge in [-0.15, -0.1) is 0 Å². The number of carbonyl (C=O) groups is 1. The lowest BCUT2D eigenvalue weighted by molar-refractivity contribution is 0.142. The molecule has 0 aliphatic carbocycles. The molecule has 1 saturated heterocycles. The van der Waals surface area contributed by atoms with E-state index in [9.17, 15) is 18.7 Å². The summed E-state index contributed by atoms with van der Waals surface area (Å²) in [6.07, 6.45) is -0.535. The Bertz CT molecular complexity index is 939. The van der Waals surface area contributed by atoms with Crippen molar-refractivity contribution in [2.75, 3.05) is 18.1 Å². The Morgan fingerprint density at radius 2 is 2.00 bits per heavy atom. The van der Waals surface area contributed by atoms with Crippen LogP contribution < -0.4 is 9.64 Å². The zero-order valence-electron chi connectivity index (χ0n) is 18.0. The van der Waals surface area contributed by atoms with Crippen molar-refractivity contribution >= 4 is 11.9 Å². The summed E-state index contributed by atoms with van der Waals surface area (Å²) in [6, 6.07) is 3.96. The summed E-state index contributed by atoms with van der Waals surface area (Å²) in [7, 11) is 0. The van der Waals surface area contributed by atoms with Crippen LogP contribution in [0.3, 0.4) is 0 Å². The number of hydrogen-bond acceptors (Lipinski definition) is 6. The van der Waals surface area contributed by atoms with Gasteiger partial charge in [0.15, 0.2) is 11.6 Å². The SMILES string of the molecule is CC(C)COc1ccc([C@H](C)Cc2ncc(F)c(N3C(=O)OC[C@@H]3[C@@H](C)O)n2)c(F)c1. The molecule has 2 aromatic rings. The summed E-state index contributed by atoms with van der Waals surface area (Å²) in [4.78, 5) is 21.2. The zero-order valence-corrected chi connectivity index (χ0v) is 18.0. The third kappa shape index (κ3) is 5.28. The van der Waals surface area contributed by atoms with E-state index in [1.54, 1.807) is 12.1 Å². The minimum Gasteiger partial charge on any atom is -0.493 e. The number of aliphatic hydroxyl groups is 1. The summed E-state index contributed by atoms with van der Waals surface area (Å²) in [5.74, 6) is -0.759. The van der Waals surface area contributed by atoms with Gasteiger partial charge in [-0.25, -0.2) is 28.4 Å². The fraction of sp³-hybridized carbons (Fsp3) is 0.500. The van der Waals surface area contributed by atoms with Crippen LogP contribution in [0, 0.1) is 17.6 Å². The molecule has 1 aromatic carbocycles. The second-order valence-electron chi connectivity index (χ2n) is 8.21. The van der Waals surface area contributed by atoms with Crippen molar-refractivity contribution in [2.24, 2.45) is 5.92 Å². The Kier molecular flexibility index (Phi) is 7.04. The third-order valence-electron chi connectivity index (χ3n) is 5.04. The van der Waals surface area contributed by atoms with Crippen LogP contribution in [0.1, 0.15) is 45.0 Å². The fourth-order valence-electron chi connectivity index (χ4n) is 3.34. The molecule has 9 heteroatoms. The summed E-state index contributed by atoms with van der Waals surface area (Å²) in [5.41, 5.74) is 0.453. The van der Waals surface area contributed by atoms with Crippen LogP contribution in [0.4, 0.5) is 19.4 Å². The minimum atomic E-state index is -0.936. The van der Waals surface area contributed by atoms with Crippen LogP contribution in [0.15, 0.2) is 24.4 Å². The Morgan fingerprint density at radius 1 is 1.26 bits per heavy atom. The highest BCUT2D eigenvalue weighted by atomic mass is 19.1. The lowest BCUT2D eigenvalue weighted by atomic mass is 9.96. The Balaban J connectivity index is 1.79. The molecule has 0 spiro atoms. The summed E-state index contributed by atoms with van der Waals surface area (Å²) in [6.45, 7) is 7.74. The maximum absolute atomic E-state index is 14.6. The molecule has 1 amide bonds. The van der Waals surface area contributed by atoms with Crippen molar-refractivity contribution < 1.29 is 28.2 Å². The van der Waals surface area contributed by atoms with E-state index in [-0.39, 0.29) is 30.6 Å². The molecule has 7 nitrogen and oxygen atoms in total. The lowest BCUT2D eigenvalue weighted by Gasteiger charge is -2.23. The Labute approximate surface area is 180 Å². The molecular formula is C22H27F2N3O4. The van der Waals surface area contributed by atoms with Crippen LogP contribution in [-0.4, -0.2) is 46.5 Å². The van der Waals surface area contributed by atoms with Gasteiger partial charge in [0.2, 0.25) is 0 Å². The maximum Gasteiger partial charge on any atom is 0.416 e. The molecule has 1 aromatic heterocycles. The van der Waals surface area contributed by atoms with Crippen LogP contribution in [-0.2, 0) is 11.2 Å². The number of hydrogen-bond donors (Lipinski definition) is 1. The Hall–Kier alpha value is -2.81. The maximum atomic E-state index is 14.6. The quantitative estimate of drug-likeness (QED) is 0.678. The molecule has 3 rings (SSSR count). The number of rotatable bonds is 8. The average molecular weight is 435 g/mol. The number of aliphatic hydroxyl groups excluding tert-OH is 1. The number of halogens is 2. The van der Waals surface area contributed by atoms with E-state index in [4.69, 9.17) is 9.47 Å². The number of cyclic esters (lactones) is 1. The van der Waals surface area contributed by atoms with Gasteiger partial charge in [0, 0.05) is 12.5 Å². The van der Waals surface area contributed by atoms with Gasteiger partial charge < -0.3 is 14.6 Å². The Morgan fingerprint density at radius 3 is 2.65 bits per heavy atom. The van der Waals surface area contributed by atoms with E-state index in [0.717, 1.165) is 11.1 Å². The topological polar surface area (TPSA) is 84.8 Å². The number of carbonyl (C=O) groups excluding carboxylic acids is 1.